The van der Waals surface area contributed by atoms with E-state index in [9.17, 15) is 20.2 Å². The molecule has 0 atom stereocenters. The number of hydrogen-bond donors (Lipinski definition) is 1. The number of nitro benzene ring substituents is 1. The lowest BCUT2D eigenvalue weighted by molar-refractivity contribution is -0.385. The molecule has 142 valence electrons. The van der Waals surface area contributed by atoms with E-state index in [2.05, 4.69) is 15.5 Å². The maximum atomic E-state index is 10.8. The third kappa shape index (κ3) is 3.85. The fraction of sp³-hybridized carbons (Fsp3) is 0.111. The molecule has 0 radical (unpaired) electrons. The number of hydrazone groups is 1. The number of nitrogens with zero attached hydrogens (tertiary/aromatic N) is 5. The lowest BCUT2D eigenvalue weighted by Crippen LogP contribution is -2.00. The lowest BCUT2D eigenvalue weighted by Gasteiger charge is -2.09. The summed E-state index contributed by atoms with van der Waals surface area (Å²) in [5.41, 5.74) is 6.18. The molecule has 0 fully saturated rings. The minimum Gasteiger partial charge on any atom is -0.318 e. The Morgan fingerprint density at radius 3 is 2.25 bits per heavy atom. The number of non-ortho nitro benzene ring substituents is 1. The molecule has 0 aliphatic rings. The molecular weight excluding hydrogens is 364 g/mol. The van der Waals surface area contributed by atoms with Crippen molar-refractivity contribution in [3.63, 3.8) is 0 Å². The number of pyridine rings is 1. The third-order valence-corrected chi connectivity index (χ3v) is 4.13. The predicted molar refractivity (Wildman–Crippen MR) is 104 cm³/mol. The van der Waals surface area contributed by atoms with Gasteiger partial charge in [-0.3, -0.25) is 25.7 Å². The number of nitrogens with one attached hydrogen (secondary N) is 1. The highest BCUT2D eigenvalue weighted by Gasteiger charge is 2.11. The maximum Gasteiger partial charge on any atom is 0.287 e. The van der Waals surface area contributed by atoms with Crippen LogP contribution in [0.15, 0.2) is 53.8 Å². The summed E-state index contributed by atoms with van der Waals surface area (Å²) in [4.78, 5) is 24.4. The van der Waals surface area contributed by atoms with Gasteiger partial charge >= 0.3 is 0 Å². The summed E-state index contributed by atoms with van der Waals surface area (Å²) < 4.78 is 1.97. The van der Waals surface area contributed by atoms with Crippen LogP contribution in [0, 0.1) is 34.1 Å². The number of nitro groups is 2. The van der Waals surface area contributed by atoms with Crippen molar-refractivity contribution in [1.82, 2.24) is 9.55 Å². The van der Waals surface area contributed by atoms with E-state index in [0.29, 0.717) is 5.82 Å². The van der Waals surface area contributed by atoms with Crippen molar-refractivity contribution in [2.75, 3.05) is 5.43 Å². The minimum atomic E-state index is -0.521. The van der Waals surface area contributed by atoms with E-state index in [1.54, 1.807) is 18.3 Å². The van der Waals surface area contributed by atoms with Crippen LogP contribution in [0.3, 0.4) is 0 Å². The van der Waals surface area contributed by atoms with E-state index in [1.807, 2.05) is 24.5 Å². The number of benzene rings is 1. The average molecular weight is 380 g/mol. The number of rotatable bonds is 6. The Morgan fingerprint density at radius 1 is 1.04 bits per heavy atom. The second kappa shape index (κ2) is 7.66. The predicted octanol–water partition coefficient (Wildman–Crippen LogP) is 3.75. The summed E-state index contributed by atoms with van der Waals surface area (Å²) >= 11 is 0. The molecule has 0 amide bonds. The Balaban J connectivity index is 1.78. The van der Waals surface area contributed by atoms with Crippen molar-refractivity contribution in [2.24, 2.45) is 5.10 Å². The van der Waals surface area contributed by atoms with Gasteiger partial charge in [-0.05, 0) is 38.1 Å². The molecule has 0 unspecified atom stereocenters. The van der Waals surface area contributed by atoms with Gasteiger partial charge in [-0.25, -0.2) is 4.98 Å². The van der Waals surface area contributed by atoms with Crippen LogP contribution < -0.4 is 5.43 Å². The molecule has 1 aromatic carbocycles. The summed E-state index contributed by atoms with van der Waals surface area (Å²) in [5, 5.41) is 25.6. The molecule has 0 saturated heterocycles. The monoisotopic (exact) mass is 380 g/mol. The highest BCUT2D eigenvalue weighted by Crippen LogP contribution is 2.22. The van der Waals surface area contributed by atoms with Crippen molar-refractivity contribution in [3.8, 4) is 5.69 Å². The normalized spacial score (nSPS) is 10.9. The highest BCUT2D eigenvalue weighted by atomic mass is 16.6. The van der Waals surface area contributed by atoms with Gasteiger partial charge in [0.1, 0.15) is 12.0 Å². The molecule has 2 heterocycles. The Morgan fingerprint density at radius 2 is 1.68 bits per heavy atom. The number of hydrogen-bond acceptors (Lipinski definition) is 7. The first-order chi connectivity index (χ1) is 13.4. The van der Waals surface area contributed by atoms with E-state index in [-0.39, 0.29) is 11.4 Å². The number of anilines is 1. The molecule has 0 bridgehead atoms. The van der Waals surface area contributed by atoms with Crippen LogP contribution in [0.1, 0.15) is 17.0 Å². The van der Waals surface area contributed by atoms with Gasteiger partial charge in [0, 0.05) is 40.8 Å². The van der Waals surface area contributed by atoms with Crippen LogP contribution in [-0.4, -0.2) is 25.6 Å². The number of aryl methyl sites for hydroxylation is 1. The quantitative estimate of drug-likeness (QED) is 0.394. The highest BCUT2D eigenvalue weighted by molar-refractivity contribution is 5.82. The molecule has 0 saturated carbocycles. The van der Waals surface area contributed by atoms with E-state index >= 15 is 0 Å². The van der Waals surface area contributed by atoms with Crippen LogP contribution in [-0.2, 0) is 0 Å². The first-order valence-electron chi connectivity index (χ1n) is 8.20. The van der Waals surface area contributed by atoms with Crippen LogP contribution in [0.2, 0.25) is 0 Å². The van der Waals surface area contributed by atoms with Gasteiger partial charge in [-0.1, -0.05) is 0 Å². The zero-order chi connectivity index (χ0) is 20.3. The maximum absolute atomic E-state index is 10.8. The first-order valence-corrected chi connectivity index (χ1v) is 8.20. The van der Waals surface area contributed by atoms with Gasteiger partial charge in [-0.2, -0.15) is 5.10 Å². The molecular formula is C18H16N6O4. The summed E-state index contributed by atoms with van der Waals surface area (Å²) in [6.45, 7) is 3.84. The number of aromatic nitrogens is 2. The van der Waals surface area contributed by atoms with Gasteiger partial charge in [0.2, 0.25) is 0 Å². The molecule has 0 spiro atoms. The smallest absolute Gasteiger partial charge is 0.287 e. The largest absolute Gasteiger partial charge is 0.318 e. The fourth-order valence-corrected chi connectivity index (χ4v) is 2.77. The topological polar surface area (TPSA) is 128 Å². The van der Waals surface area contributed by atoms with Crippen LogP contribution in [0.4, 0.5) is 17.2 Å². The second-order valence-electron chi connectivity index (χ2n) is 5.96. The zero-order valence-corrected chi connectivity index (χ0v) is 15.1. The van der Waals surface area contributed by atoms with Crippen molar-refractivity contribution >= 4 is 23.4 Å². The summed E-state index contributed by atoms with van der Waals surface area (Å²) in [6, 6.07) is 11.1. The molecule has 3 aromatic rings. The van der Waals surface area contributed by atoms with Crippen molar-refractivity contribution in [3.05, 3.63) is 85.8 Å². The Hall–Kier alpha value is -4.08. The van der Waals surface area contributed by atoms with Gasteiger partial charge < -0.3 is 4.57 Å². The van der Waals surface area contributed by atoms with Crippen LogP contribution in [0.25, 0.3) is 5.69 Å². The van der Waals surface area contributed by atoms with Gasteiger partial charge in [0.15, 0.2) is 0 Å². The SMILES string of the molecule is Cc1cc(/C=N/Nc2ccc([N+](=O)[O-])cn2)c(C)n1-c1ccc([N+](=O)[O-])cc1. The van der Waals surface area contributed by atoms with Gasteiger partial charge in [-0.15, -0.1) is 0 Å². The summed E-state index contributed by atoms with van der Waals surface area (Å²) in [6.07, 6.45) is 2.77. The molecule has 3 rings (SSSR count). The molecule has 28 heavy (non-hydrogen) atoms. The molecule has 0 aliphatic carbocycles. The van der Waals surface area contributed by atoms with Crippen molar-refractivity contribution < 1.29 is 9.85 Å². The van der Waals surface area contributed by atoms with Gasteiger partial charge in [0.05, 0.1) is 16.1 Å². The van der Waals surface area contributed by atoms with E-state index in [4.69, 9.17) is 0 Å². The Labute approximate surface area is 159 Å². The summed E-state index contributed by atoms with van der Waals surface area (Å²) in [5.74, 6) is 0.381. The van der Waals surface area contributed by atoms with E-state index in [1.165, 1.54) is 24.3 Å². The lowest BCUT2D eigenvalue weighted by atomic mass is 10.2. The molecule has 10 nitrogen and oxygen atoms in total. The average Bonchev–Trinajstić information content (AvgIpc) is 2.95. The Kier molecular flexibility index (Phi) is 5.12. The second-order valence-corrected chi connectivity index (χ2v) is 5.96. The van der Waals surface area contributed by atoms with Crippen LogP contribution in [0.5, 0.6) is 0 Å². The van der Waals surface area contributed by atoms with E-state index < -0.39 is 9.85 Å². The van der Waals surface area contributed by atoms with Crippen molar-refractivity contribution in [1.29, 1.82) is 0 Å². The summed E-state index contributed by atoms with van der Waals surface area (Å²) in [7, 11) is 0. The first kappa shape index (κ1) is 18.7. The standard InChI is InChI=1S/C18H16N6O4/c1-12-9-14(10-20-21-18-8-7-17(11-19-18)24(27)28)13(2)22(12)15-3-5-16(6-4-15)23(25)26/h3-11H,1-2H3,(H,19,21)/b20-10+. The molecule has 1 N–H and O–H groups in total. The molecule has 0 aliphatic heterocycles. The molecule has 10 heteroatoms. The minimum absolute atomic E-state index is 0.0350. The third-order valence-electron chi connectivity index (χ3n) is 4.13. The zero-order valence-electron chi connectivity index (χ0n) is 15.1. The van der Waals surface area contributed by atoms with E-state index in [0.717, 1.165) is 28.8 Å². The Bertz CT molecular complexity index is 1050. The van der Waals surface area contributed by atoms with Gasteiger partial charge in [0.25, 0.3) is 11.4 Å². The van der Waals surface area contributed by atoms with Crippen molar-refractivity contribution in [2.45, 2.75) is 13.8 Å². The van der Waals surface area contributed by atoms with Crippen LogP contribution >= 0.6 is 0 Å². The molecule has 2 aromatic heterocycles. The fourth-order valence-electron chi connectivity index (χ4n) is 2.77.